The average Bonchev–Trinajstić information content (AvgIpc) is 2.09. The lowest BCUT2D eigenvalue weighted by Crippen LogP contribution is -2.02. The monoisotopic (exact) mass is 193 g/mol. The number of carboxylic acids is 1. The van der Waals surface area contributed by atoms with Crippen molar-refractivity contribution in [3.8, 4) is 0 Å². The van der Waals surface area contributed by atoms with Crippen LogP contribution in [-0.2, 0) is 17.6 Å². The van der Waals surface area contributed by atoms with Crippen LogP contribution in [0.4, 0.5) is 5.69 Å². The Kier molecular flexibility index (Phi) is 3.51. The van der Waals surface area contributed by atoms with Gasteiger partial charge in [0.25, 0.3) is 0 Å². The molecule has 1 aromatic rings. The number of carboxylic acid groups (broad SMARTS) is 1. The zero-order chi connectivity index (χ0) is 10.6. The van der Waals surface area contributed by atoms with Gasteiger partial charge in [0.15, 0.2) is 0 Å². The van der Waals surface area contributed by atoms with Crippen molar-refractivity contribution in [1.29, 1.82) is 0 Å². The number of aryl methyl sites for hydroxylation is 1. The van der Waals surface area contributed by atoms with Crippen molar-refractivity contribution in [3.63, 3.8) is 0 Å². The molecule has 0 aromatic heterocycles. The third-order valence-corrected chi connectivity index (χ3v) is 2.08. The van der Waals surface area contributed by atoms with Crippen LogP contribution in [-0.4, -0.2) is 11.1 Å². The molecule has 0 saturated heterocycles. The molecule has 0 aliphatic heterocycles. The summed E-state index contributed by atoms with van der Waals surface area (Å²) in [7, 11) is 0. The van der Waals surface area contributed by atoms with Crippen molar-refractivity contribution in [1.82, 2.24) is 0 Å². The van der Waals surface area contributed by atoms with Crippen LogP contribution >= 0.6 is 0 Å². The minimum absolute atomic E-state index is 0.0383. The van der Waals surface area contributed by atoms with Gasteiger partial charge in [0.1, 0.15) is 0 Å². The third-order valence-electron chi connectivity index (χ3n) is 2.08. The molecule has 0 atom stereocenters. The molecule has 3 heteroatoms. The van der Waals surface area contributed by atoms with Crippen molar-refractivity contribution < 1.29 is 9.90 Å². The van der Waals surface area contributed by atoms with Crippen LogP contribution in [0.3, 0.4) is 0 Å². The molecule has 0 saturated carbocycles. The van der Waals surface area contributed by atoms with Gasteiger partial charge in [-0.25, -0.2) is 0 Å². The number of anilines is 1. The van der Waals surface area contributed by atoms with Crippen molar-refractivity contribution in [2.75, 3.05) is 5.73 Å². The van der Waals surface area contributed by atoms with E-state index in [1.807, 2.05) is 12.1 Å². The number of hydrogen-bond donors (Lipinski definition) is 2. The van der Waals surface area contributed by atoms with E-state index in [1.54, 1.807) is 6.07 Å². The molecule has 0 heterocycles. The number of nitrogen functional groups attached to an aromatic ring is 1. The van der Waals surface area contributed by atoms with E-state index in [-0.39, 0.29) is 6.42 Å². The second kappa shape index (κ2) is 4.65. The zero-order valence-corrected chi connectivity index (χ0v) is 8.29. The molecule has 3 N–H and O–H groups in total. The Bertz CT molecular complexity index is 334. The highest BCUT2D eigenvalue weighted by molar-refractivity contribution is 5.71. The molecule has 0 bridgehead atoms. The topological polar surface area (TPSA) is 63.3 Å². The Morgan fingerprint density at radius 3 is 2.71 bits per heavy atom. The minimum Gasteiger partial charge on any atom is -0.481 e. The van der Waals surface area contributed by atoms with Gasteiger partial charge in [-0.1, -0.05) is 25.5 Å². The van der Waals surface area contributed by atoms with Crippen molar-refractivity contribution in [2.24, 2.45) is 0 Å². The van der Waals surface area contributed by atoms with Gasteiger partial charge >= 0.3 is 5.97 Å². The Hall–Kier alpha value is -1.51. The molecular weight excluding hydrogens is 178 g/mol. The molecule has 0 fully saturated rings. The summed E-state index contributed by atoms with van der Waals surface area (Å²) >= 11 is 0. The molecule has 14 heavy (non-hydrogen) atoms. The molecule has 76 valence electrons. The standard InChI is InChI=1S/C11H15NO2/c1-2-3-9-5-4-8(6-10(9)12)7-11(13)14/h4-6H,2-3,7,12H2,1H3,(H,13,14). The van der Waals surface area contributed by atoms with Gasteiger partial charge in [0.2, 0.25) is 0 Å². The summed E-state index contributed by atoms with van der Waals surface area (Å²) in [5, 5.41) is 8.59. The van der Waals surface area contributed by atoms with Crippen LogP contribution in [0.1, 0.15) is 24.5 Å². The normalized spacial score (nSPS) is 10.1. The van der Waals surface area contributed by atoms with E-state index < -0.39 is 5.97 Å². The summed E-state index contributed by atoms with van der Waals surface area (Å²) in [6, 6.07) is 5.49. The summed E-state index contributed by atoms with van der Waals surface area (Å²) in [6.07, 6.45) is 2.03. The largest absolute Gasteiger partial charge is 0.481 e. The van der Waals surface area contributed by atoms with Gasteiger partial charge in [-0.3, -0.25) is 4.79 Å². The lowest BCUT2D eigenvalue weighted by Gasteiger charge is -2.05. The van der Waals surface area contributed by atoms with E-state index in [2.05, 4.69) is 6.92 Å². The Balaban J connectivity index is 2.83. The minimum atomic E-state index is -0.826. The molecule has 0 aliphatic carbocycles. The van der Waals surface area contributed by atoms with Crippen LogP contribution < -0.4 is 5.73 Å². The summed E-state index contributed by atoms with van der Waals surface area (Å²) in [5.41, 5.74) is 8.35. The van der Waals surface area contributed by atoms with Crippen molar-refractivity contribution in [2.45, 2.75) is 26.2 Å². The van der Waals surface area contributed by atoms with Gasteiger partial charge in [-0.15, -0.1) is 0 Å². The summed E-state index contributed by atoms with van der Waals surface area (Å²) in [5.74, 6) is -0.826. The highest BCUT2D eigenvalue weighted by Crippen LogP contribution is 2.16. The first-order valence-corrected chi connectivity index (χ1v) is 4.72. The van der Waals surface area contributed by atoms with E-state index in [9.17, 15) is 4.79 Å². The maximum atomic E-state index is 10.4. The molecule has 0 aliphatic rings. The predicted molar refractivity (Wildman–Crippen MR) is 56.2 cm³/mol. The number of benzene rings is 1. The Labute approximate surface area is 83.6 Å². The number of hydrogen-bond acceptors (Lipinski definition) is 2. The molecular formula is C11H15NO2. The SMILES string of the molecule is CCCc1ccc(CC(=O)O)cc1N. The zero-order valence-electron chi connectivity index (χ0n) is 8.29. The fourth-order valence-corrected chi connectivity index (χ4v) is 1.43. The van der Waals surface area contributed by atoms with E-state index in [1.165, 1.54) is 0 Å². The van der Waals surface area contributed by atoms with Gasteiger partial charge in [-0.2, -0.15) is 0 Å². The van der Waals surface area contributed by atoms with Gasteiger partial charge < -0.3 is 10.8 Å². The highest BCUT2D eigenvalue weighted by atomic mass is 16.4. The number of aliphatic carboxylic acids is 1. The first kappa shape index (κ1) is 10.6. The molecule has 0 spiro atoms. The molecule has 0 unspecified atom stereocenters. The van der Waals surface area contributed by atoms with Crippen LogP contribution in [0.2, 0.25) is 0 Å². The number of rotatable bonds is 4. The van der Waals surface area contributed by atoms with Gasteiger partial charge in [0.05, 0.1) is 6.42 Å². The third kappa shape index (κ3) is 2.76. The Morgan fingerprint density at radius 2 is 2.21 bits per heavy atom. The molecule has 1 rings (SSSR count). The van der Waals surface area contributed by atoms with Gasteiger partial charge in [0, 0.05) is 5.69 Å². The van der Waals surface area contributed by atoms with Gasteiger partial charge in [-0.05, 0) is 23.6 Å². The lowest BCUT2D eigenvalue weighted by molar-refractivity contribution is -0.136. The predicted octanol–water partition coefficient (Wildman–Crippen LogP) is 1.85. The summed E-state index contributed by atoms with van der Waals surface area (Å²) in [4.78, 5) is 10.4. The molecule has 3 nitrogen and oxygen atoms in total. The first-order chi connectivity index (χ1) is 6.63. The molecule has 1 aromatic carbocycles. The van der Waals surface area contributed by atoms with E-state index >= 15 is 0 Å². The van der Waals surface area contributed by atoms with Crippen LogP contribution in [0.25, 0.3) is 0 Å². The van der Waals surface area contributed by atoms with Crippen molar-refractivity contribution >= 4 is 11.7 Å². The average molecular weight is 193 g/mol. The summed E-state index contributed by atoms with van der Waals surface area (Å²) in [6.45, 7) is 2.09. The lowest BCUT2D eigenvalue weighted by atomic mass is 10.0. The van der Waals surface area contributed by atoms with Crippen molar-refractivity contribution in [3.05, 3.63) is 29.3 Å². The number of carbonyl (C=O) groups is 1. The fourth-order valence-electron chi connectivity index (χ4n) is 1.43. The smallest absolute Gasteiger partial charge is 0.307 e. The second-order valence-corrected chi connectivity index (χ2v) is 3.35. The van der Waals surface area contributed by atoms with Crippen LogP contribution in [0.5, 0.6) is 0 Å². The van der Waals surface area contributed by atoms with E-state index in [0.29, 0.717) is 5.69 Å². The van der Waals surface area contributed by atoms with E-state index in [0.717, 1.165) is 24.0 Å². The van der Waals surface area contributed by atoms with Crippen LogP contribution in [0, 0.1) is 0 Å². The quantitative estimate of drug-likeness (QED) is 0.717. The number of nitrogens with two attached hydrogens (primary N) is 1. The maximum Gasteiger partial charge on any atom is 0.307 e. The Morgan fingerprint density at radius 1 is 1.50 bits per heavy atom. The first-order valence-electron chi connectivity index (χ1n) is 4.72. The molecule has 0 amide bonds. The van der Waals surface area contributed by atoms with E-state index in [4.69, 9.17) is 10.8 Å². The molecule has 0 radical (unpaired) electrons. The summed E-state index contributed by atoms with van der Waals surface area (Å²) < 4.78 is 0. The van der Waals surface area contributed by atoms with Crippen LogP contribution in [0.15, 0.2) is 18.2 Å². The maximum absolute atomic E-state index is 10.4. The second-order valence-electron chi connectivity index (χ2n) is 3.35. The highest BCUT2D eigenvalue weighted by Gasteiger charge is 2.03. The fraction of sp³-hybridized carbons (Fsp3) is 0.364.